The van der Waals surface area contributed by atoms with Gasteiger partial charge < -0.3 is 8.54 Å². The smallest absolute Gasteiger partial charge is 0.321 e. The summed E-state index contributed by atoms with van der Waals surface area (Å²) < 4.78 is 11.7. The third-order valence-electron chi connectivity index (χ3n) is 1.51. The molecular weight excluding hydrogens is 184 g/mol. The minimum Gasteiger partial charge on any atom is -0.436 e. The fourth-order valence-electron chi connectivity index (χ4n) is 1.08. The van der Waals surface area contributed by atoms with Crippen LogP contribution in [0.3, 0.4) is 0 Å². The van der Waals surface area contributed by atoms with Gasteiger partial charge in [0.05, 0.1) is 0 Å². The van der Waals surface area contributed by atoms with Crippen LogP contribution in [-0.4, -0.2) is 23.7 Å². The van der Waals surface area contributed by atoms with Crippen molar-refractivity contribution in [3.63, 3.8) is 0 Å². The van der Waals surface area contributed by atoms with Gasteiger partial charge in [0, 0.05) is 6.10 Å². The Labute approximate surface area is 79.2 Å². The molecule has 0 rings (SSSR count). The quantitative estimate of drug-likeness (QED) is 0.643. The van der Waals surface area contributed by atoms with Crippen LogP contribution in [0.1, 0.15) is 20.3 Å². The largest absolute Gasteiger partial charge is 0.436 e. The van der Waals surface area contributed by atoms with Crippen molar-refractivity contribution in [3.8, 4) is 0 Å². The molecule has 0 fully saturated rings. The van der Waals surface area contributed by atoms with Gasteiger partial charge in [0.25, 0.3) is 0 Å². The lowest BCUT2D eigenvalue weighted by Gasteiger charge is -2.28. The van der Waals surface area contributed by atoms with Crippen molar-refractivity contribution in [3.05, 3.63) is 0 Å². The van der Waals surface area contributed by atoms with Crippen molar-refractivity contribution >= 4 is 17.6 Å². The topological polar surface area (TPSA) is 18.5 Å². The molecule has 0 aromatic heterocycles. The van der Waals surface area contributed by atoms with Gasteiger partial charge in [-0.15, -0.1) is 0 Å². The average molecular weight is 205 g/mol. The molecule has 73 valence electrons. The van der Waals surface area contributed by atoms with Crippen molar-refractivity contribution in [1.29, 1.82) is 0 Å². The molecular formula is C8H21O2Si2. The van der Waals surface area contributed by atoms with Crippen LogP contribution in [0.5, 0.6) is 0 Å². The maximum atomic E-state index is 5.84. The van der Waals surface area contributed by atoms with E-state index in [4.69, 9.17) is 8.54 Å². The molecule has 12 heavy (non-hydrogen) atoms. The van der Waals surface area contributed by atoms with Gasteiger partial charge in [0.1, 0.15) is 0 Å². The summed E-state index contributed by atoms with van der Waals surface area (Å²) in [5.74, 6) is 0. The van der Waals surface area contributed by atoms with Crippen LogP contribution in [-0.2, 0) is 8.54 Å². The molecule has 0 aliphatic rings. The third kappa shape index (κ3) is 5.94. The van der Waals surface area contributed by atoms with E-state index in [9.17, 15) is 0 Å². The predicted octanol–water partition coefficient (Wildman–Crippen LogP) is 2.77. The van der Waals surface area contributed by atoms with Gasteiger partial charge in [-0.1, -0.05) is 6.92 Å². The first-order valence-corrected chi connectivity index (χ1v) is 9.77. The molecule has 0 bridgehead atoms. The molecule has 1 unspecified atom stereocenters. The SMILES string of the molecule is CCC(C)O[Si](C)(C)O[Si](C)C. The molecule has 0 spiro atoms. The Bertz CT molecular complexity index is 126. The van der Waals surface area contributed by atoms with Gasteiger partial charge in [0.15, 0.2) is 9.04 Å². The standard InChI is InChI=1S/C8H21O2Si2/c1-7-8(2)9-12(5,6)10-11(3)4/h8H,7H2,1-6H3. The first-order chi connectivity index (χ1) is 5.37. The fourth-order valence-corrected chi connectivity index (χ4v) is 6.34. The van der Waals surface area contributed by atoms with Crippen LogP contribution in [0, 0.1) is 0 Å². The first-order valence-electron chi connectivity index (χ1n) is 4.54. The minimum atomic E-state index is -1.81. The van der Waals surface area contributed by atoms with E-state index < -0.39 is 17.6 Å². The highest BCUT2D eigenvalue weighted by atomic mass is 28.4. The third-order valence-corrected chi connectivity index (χ3v) is 6.08. The molecule has 1 radical (unpaired) electrons. The molecule has 0 heterocycles. The second-order valence-electron chi connectivity index (χ2n) is 3.75. The lowest BCUT2D eigenvalue weighted by molar-refractivity contribution is 0.170. The van der Waals surface area contributed by atoms with E-state index in [0.717, 1.165) is 6.42 Å². The zero-order valence-electron chi connectivity index (χ0n) is 9.10. The average Bonchev–Trinajstić information content (AvgIpc) is 1.83. The highest BCUT2D eigenvalue weighted by Crippen LogP contribution is 2.12. The van der Waals surface area contributed by atoms with Crippen LogP contribution >= 0.6 is 0 Å². The van der Waals surface area contributed by atoms with E-state index in [1.165, 1.54) is 0 Å². The Balaban J connectivity index is 3.85. The van der Waals surface area contributed by atoms with Gasteiger partial charge in [-0.05, 0) is 39.5 Å². The van der Waals surface area contributed by atoms with Crippen molar-refractivity contribution in [2.75, 3.05) is 0 Å². The molecule has 0 saturated carbocycles. The maximum absolute atomic E-state index is 5.84. The van der Waals surface area contributed by atoms with E-state index in [1.807, 2.05) is 0 Å². The zero-order chi connectivity index (χ0) is 9.78. The molecule has 1 atom stereocenters. The highest BCUT2D eigenvalue weighted by molar-refractivity contribution is 6.72. The van der Waals surface area contributed by atoms with Crippen LogP contribution in [0.15, 0.2) is 0 Å². The van der Waals surface area contributed by atoms with Crippen LogP contribution in [0.2, 0.25) is 26.2 Å². The Morgan fingerprint density at radius 1 is 1.33 bits per heavy atom. The van der Waals surface area contributed by atoms with Gasteiger partial charge in [-0.2, -0.15) is 0 Å². The van der Waals surface area contributed by atoms with E-state index in [1.54, 1.807) is 0 Å². The lowest BCUT2D eigenvalue weighted by Crippen LogP contribution is -2.41. The Morgan fingerprint density at radius 3 is 2.17 bits per heavy atom. The van der Waals surface area contributed by atoms with Crippen LogP contribution in [0.25, 0.3) is 0 Å². The summed E-state index contributed by atoms with van der Waals surface area (Å²) in [6.45, 7) is 12.8. The molecule has 0 aromatic carbocycles. The number of hydrogen-bond donors (Lipinski definition) is 0. The molecule has 0 aliphatic heterocycles. The van der Waals surface area contributed by atoms with Crippen LogP contribution < -0.4 is 0 Å². The Kier molecular flexibility index (Phi) is 5.32. The van der Waals surface area contributed by atoms with Gasteiger partial charge in [-0.25, -0.2) is 0 Å². The second-order valence-corrected chi connectivity index (χ2v) is 9.42. The summed E-state index contributed by atoms with van der Waals surface area (Å²) in [7, 11) is -2.41. The molecule has 4 heteroatoms. The summed E-state index contributed by atoms with van der Waals surface area (Å²) in [5.41, 5.74) is 0. The summed E-state index contributed by atoms with van der Waals surface area (Å²) in [6, 6.07) is 0. The number of hydrogen-bond acceptors (Lipinski definition) is 2. The molecule has 2 nitrogen and oxygen atoms in total. The molecule has 0 aliphatic carbocycles. The van der Waals surface area contributed by atoms with Crippen molar-refractivity contribution in [2.24, 2.45) is 0 Å². The summed E-state index contributed by atoms with van der Waals surface area (Å²) in [5, 5.41) is 0. The van der Waals surface area contributed by atoms with E-state index in [0.29, 0.717) is 6.10 Å². The Morgan fingerprint density at radius 2 is 1.83 bits per heavy atom. The van der Waals surface area contributed by atoms with Crippen molar-refractivity contribution in [2.45, 2.75) is 52.6 Å². The van der Waals surface area contributed by atoms with Gasteiger partial charge in [0.2, 0.25) is 0 Å². The normalized spacial score (nSPS) is 15.2. The summed E-state index contributed by atoms with van der Waals surface area (Å²) in [6.07, 6.45) is 1.41. The molecule has 0 N–H and O–H groups in total. The van der Waals surface area contributed by atoms with Gasteiger partial charge >= 0.3 is 8.56 Å². The fraction of sp³-hybridized carbons (Fsp3) is 1.00. The second kappa shape index (κ2) is 5.16. The zero-order valence-corrected chi connectivity index (χ0v) is 11.1. The van der Waals surface area contributed by atoms with E-state index >= 15 is 0 Å². The first kappa shape index (κ1) is 12.4. The molecule has 0 aromatic rings. The van der Waals surface area contributed by atoms with Gasteiger partial charge in [-0.3, -0.25) is 0 Å². The minimum absolute atomic E-state index is 0.341. The summed E-state index contributed by atoms with van der Waals surface area (Å²) in [4.78, 5) is 0. The summed E-state index contributed by atoms with van der Waals surface area (Å²) >= 11 is 0. The number of rotatable bonds is 5. The lowest BCUT2D eigenvalue weighted by atomic mass is 10.3. The molecule has 0 saturated heterocycles. The van der Waals surface area contributed by atoms with Crippen molar-refractivity contribution in [1.82, 2.24) is 0 Å². The maximum Gasteiger partial charge on any atom is 0.321 e. The monoisotopic (exact) mass is 205 g/mol. The van der Waals surface area contributed by atoms with E-state index in [-0.39, 0.29) is 0 Å². The van der Waals surface area contributed by atoms with Crippen molar-refractivity contribution < 1.29 is 8.54 Å². The van der Waals surface area contributed by atoms with E-state index in [2.05, 4.69) is 40.0 Å². The Hall–Kier alpha value is 0.354. The molecule has 0 amide bonds. The van der Waals surface area contributed by atoms with Crippen LogP contribution in [0.4, 0.5) is 0 Å². The highest BCUT2D eigenvalue weighted by Gasteiger charge is 2.27. The predicted molar refractivity (Wildman–Crippen MR) is 56.9 cm³/mol.